The molecule has 2 aliphatic heterocycles. The number of hydrogen-bond donors (Lipinski definition) is 1. The smallest absolute Gasteiger partial charge is 0.278 e. The van der Waals surface area contributed by atoms with Crippen LogP contribution < -0.4 is 4.74 Å². The summed E-state index contributed by atoms with van der Waals surface area (Å²) in [6, 6.07) is 11.0. The second kappa shape index (κ2) is 9.96. The molecule has 1 unspecified atom stereocenters. The summed E-state index contributed by atoms with van der Waals surface area (Å²) in [6.45, 7) is 4.17. The molecule has 1 aromatic carbocycles. The molecule has 2 amide bonds. The lowest BCUT2D eigenvalue weighted by Crippen LogP contribution is -2.40. The van der Waals surface area contributed by atoms with Gasteiger partial charge in [0.1, 0.15) is 11.4 Å². The minimum Gasteiger partial charge on any atom is -0.494 e. The summed E-state index contributed by atoms with van der Waals surface area (Å²) in [5.41, 5.74) is 2.34. The molecule has 0 radical (unpaired) electrons. The standard InChI is InChI=1S/C25H29N3O4/c1-2-13-32-21-9-7-20(8-10-21)22-23(27-12-4-6-19(15-27)17-29)25(31)28(24(22)30)16-18-5-3-11-26-14-18/h3,5,7-11,14,19,29H,2,4,6,12-13,15-17H2,1H3. The minimum absolute atomic E-state index is 0.0735. The molecule has 0 bridgehead atoms. The van der Waals surface area contributed by atoms with Crippen LogP contribution in [0.3, 0.4) is 0 Å². The molecule has 1 saturated heterocycles. The van der Waals surface area contributed by atoms with Crippen molar-refractivity contribution in [2.45, 2.75) is 32.7 Å². The van der Waals surface area contributed by atoms with Crippen LogP contribution in [-0.2, 0) is 16.1 Å². The van der Waals surface area contributed by atoms with Gasteiger partial charge in [0.15, 0.2) is 0 Å². The van der Waals surface area contributed by atoms with E-state index in [1.165, 1.54) is 4.90 Å². The molecule has 0 saturated carbocycles. The molecule has 0 spiro atoms. The lowest BCUT2D eigenvalue weighted by molar-refractivity contribution is -0.138. The van der Waals surface area contributed by atoms with E-state index in [2.05, 4.69) is 4.98 Å². The van der Waals surface area contributed by atoms with E-state index in [9.17, 15) is 14.7 Å². The first kappa shape index (κ1) is 22.0. The Morgan fingerprint density at radius 1 is 1.16 bits per heavy atom. The van der Waals surface area contributed by atoms with Gasteiger partial charge >= 0.3 is 0 Å². The van der Waals surface area contributed by atoms with Crippen molar-refractivity contribution in [2.24, 2.45) is 5.92 Å². The maximum Gasteiger partial charge on any atom is 0.278 e. The summed E-state index contributed by atoms with van der Waals surface area (Å²) >= 11 is 0. The van der Waals surface area contributed by atoms with Crippen molar-refractivity contribution in [3.63, 3.8) is 0 Å². The van der Waals surface area contributed by atoms with Gasteiger partial charge in [-0.1, -0.05) is 25.1 Å². The number of pyridine rings is 1. The largest absolute Gasteiger partial charge is 0.494 e. The van der Waals surface area contributed by atoms with Gasteiger partial charge in [-0.05, 0) is 54.5 Å². The van der Waals surface area contributed by atoms with Gasteiger partial charge in [0, 0.05) is 32.1 Å². The van der Waals surface area contributed by atoms with E-state index in [1.807, 2.05) is 42.2 Å². The predicted molar refractivity (Wildman–Crippen MR) is 120 cm³/mol. The van der Waals surface area contributed by atoms with Gasteiger partial charge in [0.2, 0.25) is 0 Å². The van der Waals surface area contributed by atoms with Crippen molar-refractivity contribution in [1.82, 2.24) is 14.8 Å². The maximum absolute atomic E-state index is 13.5. The zero-order valence-electron chi connectivity index (χ0n) is 18.4. The average Bonchev–Trinajstić information content (AvgIpc) is 3.08. The van der Waals surface area contributed by atoms with Gasteiger partial charge in [-0.25, -0.2) is 0 Å². The monoisotopic (exact) mass is 435 g/mol. The molecule has 7 nitrogen and oxygen atoms in total. The molecule has 2 aromatic rings. The number of piperidine rings is 1. The van der Waals surface area contributed by atoms with E-state index in [-0.39, 0.29) is 30.9 Å². The third-order valence-corrected chi connectivity index (χ3v) is 5.92. The van der Waals surface area contributed by atoms with Gasteiger partial charge in [-0.15, -0.1) is 0 Å². The number of likely N-dealkylation sites (tertiary alicyclic amines) is 1. The Balaban J connectivity index is 1.69. The highest BCUT2D eigenvalue weighted by molar-refractivity contribution is 6.35. The van der Waals surface area contributed by atoms with E-state index in [0.717, 1.165) is 30.6 Å². The van der Waals surface area contributed by atoms with Crippen molar-refractivity contribution in [3.05, 3.63) is 65.6 Å². The first-order valence-corrected chi connectivity index (χ1v) is 11.2. The highest BCUT2D eigenvalue weighted by Crippen LogP contribution is 2.35. The van der Waals surface area contributed by atoms with Crippen molar-refractivity contribution >= 4 is 17.4 Å². The highest BCUT2D eigenvalue weighted by atomic mass is 16.5. The number of ether oxygens (including phenoxy) is 1. The molecule has 7 heteroatoms. The predicted octanol–water partition coefficient (Wildman–Crippen LogP) is 2.85. The Labute approximate surface area is 188 Å². The third kappa shape index (κ3) is 4.53. The first-order valence-electron chi connectivity index (χ1n) is 11.2. The Morgan fingerprint density at radius 3 is 2.66 bits per heavy atom. The fourth-order valence-corrected chi connectivity index (χ4v) is 4.29. The fraction of sp³-hybridized carbons (Fsp3) is 0.400. The Morgan fingerprint density at radius 2 is 1.97 bits per heavy atom. The topological polar surface area (TPSA) is 83.0 Å². The number of aliphatic hydroxyl groups excluding tert-OH is 1. The second-order valence-corrected chi connectivity index (χ2v) is 8.29. The Kier molecular flexibility index (Phi) is 6.85. The van der Waals surface area contributed by atoms with Crippen molar-refractivity contribution < 1.29 is 19.4 Å². The van der Waals surface area contributed by atoms with Crippen LogP contribution >= 0.6 is 0 Å². The zero-order valence-corrected chi connectivity index (χ0v) is 18.4. The second-order valence-electron chi connectivity index (χ2n) is 8.29. The van der Waals surface area contributed by atoms with Crippen molar-refractivity contribution in [2.75, 3.05) is 26.3 Å². The molecule has 4 rings (SSSR count). The number of nitrogens with zero attached hydrogens (tertiary/aromatic N) is 3. The van der Waals surface area contributed by atoms with Gasteiger partial charge in [0.05, 0.1) is 18.7 Å². The van der Waals surface area contributed by atoms with Gasteiger partial charge in [-0.3, -0.25) is 19.5 Å². The molecule has 32 heavy (non-hydrogen) atoms. The number of carbonyl (C=O) groups is 2. The summed E-state index contributed by atoms with van der Waals surface area (Å²) in [6.07, 6.45) is 6.03. The summed E-state index contributed by atoms with van der Waals surface area (Å²) in [4.78, 5) is 34.4. The highest BCUT2D eigenvalue weighted by Gasteiger charge is 2.42. The lowest BCUT2D eigenvalue weighted by atomic mass is 9.97. The van der Waals surface area contributed by atoms with Crippen molar-refractivity contribution in [1.29, 1.82) is 0 Å². The fourth-order valence-electron chi connectivity index (χ4n) is 4.29. The SMILES string of the molecule is CCCOc1ccc(C2=C(N3CCCC(CO)C3)C(=O)N(Cc3cccnc3)C2=O)cc1. The number of benzene rings is 1. The maximum atomic E-state index is 13.5. The van der Waals surface area contributed by atoms with E-state index >= 15 is 0 Å². The molecule has 1 fully saturated rings. The van der Waals surface area contributed by atoms with Crippen LogP contribution in [0.4, 0.5) is 0 Å². The quantitative estimate of drug-likeness (QED) is 0.642. The van der Waals surface area contributed by atoms with Crippen LogP contribution in [0, 0.1) is 5.92 Å². The van der Waals surface area contributed by atoms with Crippen LogP contribution in [0.25, 0.3) is 5.57 Å². The van der Waals surface area contributed by atoms with Crippen LogP contribution in [0.15, 0.2) is 54.5 Å². The van der Waals surface area contributed by atoms with E-state index in [0.29, 0.717) is 36.5 Å². The zero-order chi connectivity index (χ0) is 22.5. The van der Waals surface area contributed by atoms with Crippen molar-refractivity contribution in [3.8, 4) is 5.75 Å². The number of aliphatic hydroxyl groups is 1. The average molecular weight is 436 g/mol. The Bertz CT molecular complexity index is 988. The molecule has 3 heterocycles. The molecule has 2 aliphatic rings. The van der Waals surface area contributed by atoms with Crippen LogP contribution in [-0.4, -0.2) is 58.0 Å². The normalized spacial score (nSPS) is 19.1. The summed E-state index contributed by atoms with van der Waals surface area (Å²) in [5, 5.41) is 9.67. The molecular formula is C25H29N3O4. The number of hydrogen-bond acceptors (Lipinski definition) is 6. The van der Waals surface area contributed by atoms with E-state index in [4.69, 9.17) is 4.74 Å². The number of amides is 2. The number of imide groups is 1. The number of aromatic nitrogens is 1. The van der Waals surface area contributed by atoms with Crippen LogP contribution in [0.5, 0.6) is 5.75 Å². The third-order valence-electron chi connectivity index (χ3n) is 5.92. The van der Waals surface area contributed by atoms with Crippen LogP contribution in [0.2, 0.25) is 0 Å². The van der Waals surface area contributed by atoms with E-state index < -0.39 is 0 Å². The van der Waals surface area contributed by atoms with Gasteiger partial charge in [0.25, 0.3) is 11.8 Å². The van der Waals surface area contributed by atoms with Crippen LogP contribution in [0.1, 0.15) is 37.3 Å². The lowest BCUT2D eigenvalue weighted by Gasteiger charge is -2.34. The Hall–Kier alpha value is -3.19. The molecule has 0 aliphatic carbocycles. The number of carbonyl (C=O) groups excluding carboxylic acids is 2. The molecule has 1 N–H and O–H groups in total. The summed E-state index contributed by atoms with van der Waals surface area (Å²) in [5.74, 6) is 0.235. The van der Waals surface area contributed by atoms with Gasteiger partial charge < -0.3 is 14.7 Å². The minimum atomic E-state index is -0.304. The summed E-state index contributed by atoms with van der Waals surface area (Å²) < 4.78 is 5.67. The summed E-state index contributed by atoms with van der Waals surface area (Å²) in [7, 11) is 0. The molecular weight excluding hydrogens is 406 g/mol. The molecule has 1 atom stereocenters. The van der Waals surface area contributed by atoms with E-state index in [1.54, 1.807) is 18.5 Å². The van der Waals surface area contributed by atoms with Gasteiger partial charge in [-0.2, -0.15) is 0 Å². The first-order chi connectivity index (χ1) is 15.6. The number of rotatable bonds is 8. The molecule has 1 aromatic heterocycles. The molecule has 168 valence electrons.